The van der Waals surface area contributed by atoms with Crippen LogP contribution in [0.3, 0.4) is 0 Å². The summed E-state index contributed by atoms with van der Waals surface area (Å²) in [5.41, 5.74) is 1.64. The molecule has 2 aliphatic heterocycles. The molecule has 2 heterocycles. The van der Waals surface area contributed by atoms with Crippen molar-refractivity contribution in [2.45, 2.75) is 17.7 Å². The molecule has 0 spiro atoms. The zero-order chi connectivity index (χ0) is 21.3. The SMILES string of the molecule is COc1ccc(CC(=O)N=C2S[C@@H]3CS(=O)(=O)C[C@@H]3N2c2ccc(OC)cc2)cc1. The Hall–Kier alpha value is -2.52. The molecule has 4 rings (SSSR count). The average molecular weight is 447 g/mol. The third-order valence-electron chi connectivity index (χ3n) is 5.15. The maximum Gasteiger partial charge on any atom is 0.252 e. The molecule has 158 valence electrons. The van der Waals surface area contributed by atoms with Crippen molar-refractivity contribution in [1.82, 2.24) is 0 Å². The summed E-state index contributed by atoms with van der Waals surface area (Å²) in [6.07, 6.45) is 0.165. The Kier molecular flexibility index (Phi) is 5.75. The minimum absolute atomic E-state index is 0.0579. The molecular formula is C21H22N2O5S2. The van der Waals surface area contributed by atoms with Gasteiger partial charge in [0.25, 0.3) is 5.91 Å². The third-order valence-corrected chi connectivity index (χ3v) is 8.36. The first-order valence-corrected chi connectivity index (χ1v) is 12.1. The van der Waals surface area contributed by atoms with Crippen LogP contribution < -0.4 is 14.4 Å². The molecule has 0 bridgehead atoms. The fourth-order valence-electron chi connectivity index (χ4n) is 3.67. The van der Waals surface area contributed by atoms with E-state index in [-0.39, 0.29) is 35.1 Å². The number of ether oxygens (including phenoxy) is 2. The van der Waals surface area contributed by atoms with Crippen LogP contribution in [0.1, 0.15) is 5.56 Å². The lowest BCUT2D eigenvalue weighted by atomic mass is 10.1. The summed E-state index contributed by atoms with van der Waals surface area (Å²) in [6, 6.07) is 14.4. The number of amidine groups is 1. The van der Waals surface area contributed by atoms with Crippen LogP contribution in [0.2, 0.25) is 0 Å². The standard InChI is InChI=1S/C21H22N2O5S2/c1-27-16-7-3-14(4-8-16)11-20(24)22-21-23(15-5-9-17(28-2)10-6-15)18-12-30(25,26)13-19(18)29-21/h3-10,18-19H,11-13H2,1-2H3/t18-,19+/m0/s1. The largest absolute Gasteiger partial charge is 0.497 e. The van der Waals surface area contributed by atoms with Crippen LogP contribution in [0.5, 0.6) is 11.5 Å². The van der Waals surface area contributed by atoms with Crippen molar-refractivity contribution in [3.8, 4) is 11.5 Å². The fraction of sp³-hybridized carbons (Fsp3) is 0.333. The molecule has 0 aromatic heterocycles. The predicted molar refractivity (Wildman–Crippen MR) is 118 cm³/mol. The number of aliphatic imine (C=N–C) groups is 1. The molecule has 0 saturated carbocycles. The quantitative estimate of drug-likeness (QED) is 0.698. The minimum Gasteiger partial charge on any atom is -0.497 e. The predicted octanol–water partition coefficient (Wildman–Crippen LogP) is 2.55. The highest BCUT2D eigenvalue weighted by Crippen LogP contribution is 2.41. The van der Waals surface area contributed by atoms with E-state index in [0.29, 0.717) is 10.9 Å². The normalized spacial score (nSPS) is 23.4. The van der Waals surface area contributed by atoms with Crippen molar-refractivity contribution in [2.75, 3.05) is 30.6 Å². The van der Waals surface area contributed by atoms with Crippen LogP contribution in [0.25, 0.3) is 0 Å². The number of amides is 1. The summed E-state index contributed by atoms with van der Waals surface area (Å²) < 4.78 is 34.7. The molecule has 30 heavy (non-hydrogen) atoms. The maximum atomic E-state index is 12.7. The van der Waals surface area contributed by atoms with Crippen LogP contribution in [0, 0.1) is 0 Å². The maximum absolute atomic E-state index is 12.7. The van der Waals surface area contributed by atoms with Crippen LogP contribution in [0.15, 0.2) is 53.5 Å². The second kappa shape index (κ2) is 8.31. The van der Waals surface area contributed by atoms with E-state index >= 15 is 0 Å². The first-order chi connectivity index (χ1) is 14.4. The van der Waals surface area contributed by atoms with Crippen molar-refractivity contribution in [3.05, 3.63) is 54.1 Å². The molecule has 2 saturated heterocycles. The van der Waals surface area contributed by atoms with Gasteiger partial charge in [-0.15, -0.1) is 0 Å². The van der Waals surface area contributed by atoms with E-state index in [2.05, 4.69) is 4.99 Å². The Bertz CT molecular complexity index is 1070. The molecule has 0 radical (unpaired) electrons. The second-order valence-corrected chi connectivity index (χ2v) is 10.5. The molecule has 2 aliphatic rings. The number of anilines is 1. The van der Waals surface area contributed by atoms with E-state index < -0.39 is 9.84 Å². The van der Waals surface area contributed by atoms with Gasteiger partial charge >= 0.3 is 0 Å². The van der Waals surface area contributed by atoms with Gasteiger partial charge < -0.3 is 14.4 Å². The average Bonchev–Trinajstić information content (AvgIpc) is 3.19. The fourth-order valence-corrected chi connectivity index (χ4v) is 7.60. The lowest BCUT2D eigenvalue weighted by molar-refractivity contribution is -0.117. The summed E-state index contributed by atoms with van der Waals surface area (Å²) in [5, 5.41) is 0.410. The highest BCUT2D eigenvalue weighted by molar-refractivity contribution is 8.16. The lowest BCUT2D eigenvalue weighted by Crippen LogP contribution is -2.37. The molecule has 0 aliphatic carbocycles. The molecule has 1 amide bonds. The van der Waals surface area contributed by atoms with Crippen LogP contribution >= 0.6 is 11.8 Å². The van der Waals surface area contributed by atoms with Gasteiger partial charge in [-0.2, -0.15) is 4.99 Å². The van der Waals surface area contributed by atoms with Crippen molar-refractivity contribution in [1.29, 1.82) is 0 Å². The van der Waals surface area contributed by atoms with E-state index in [4.69, 9.17) is 9.47 Å². The molecular weight excluding hydrogens is 424 g/mol. The van der Waals surface area contributed by atoms with Gasteiger partial charge in [0.05, 0.1) is 38.2 Å². The monoisotopic (exact) mass is 446 g/mol. The van der Waals surface area contributed by atoms with Gasteiger partial charge in [0.1, 0.15) is 11.5 Å². The minimum atomic E-state index is -3.11. The Morgan fingerprint density at radius 1 is 1.03 bits per heavy atom. The first kappa shape index (κ1) is 20.7. The van der Waals surface area contributed by atoms with Crippen LogP contribution in [-0.2, 0) is 21.1 Å². The number of rotatable bonds is 5. The number of thioether (sulfide) groups is 1. The van der Waals surface area contributed by atoms with Crippen molar-refractivity contribution < 1.29 is 22.7 Å². The summed E-state index contributed by atoms with van der Waals surface area (Å²) in [6.45, 7) is 0. The molecule has 7 nitrogen and oxygen atoms in total. The number of benzene rings is 2. The number of nitrogens with zero attached hydrogens (tertiary/aromatic N) is 2. The zero-order valence-corrected chi connectivity index (χ0v) is 18.3. The van der Waals surface area contributed by atoms with E-state index in [1.807, 2.05) is 41.3 Å². The highest BCUT2D eigenvalue weighted by atomic mass is 32.2. The molecule has 9 heteroatoms. The Labute approximate surface area is 180 Å². The van der Waals surface area contributed by atoms with Gasteiger partial charge in [0, 0.05) is 10.9 Å². The third kappa shape index (κ3) is 4.32. The highest BCUT2D eigenvalue weighted by Gasteiger charge is 2.49. The van der Waals surface area contributed by atoms with E-state index in [0.717, 1.165) is 17.0 Å². The second-order valence-electron chi connectivity index (χ2n) is 7.18. The number of fused-ring (bicyclic) bond motifs is 1. The first-order valence-electron chi connectivity index (χ1n) is 9.43. The summed E-state index contributed by atoms with van der Waals surface area (Å²) in [4.78, 5) is 18.9. The van der Waals surface area contributed by atoms with Crippen molar-refractivity contribution in [2.24, 2.45) is 4.99 Å². The molecule has 2 fully saturated rings. The van der Waals surface area contributed by atoms with Gasteiger partial charge in [-0.05, 0) is 42.0 Å². The van der Waals surface area contributed by atoms with Gasteiger partial charge in [0.15, 0.2) is 15.0 Å². The Morgan fingerprint density at radius 2 is 1.63 bits per heavy atom. The summed E-state index contributed by atoms with van der Waals surface area (Å²) in [7, 11) is 0.0745. The molecule has 2 atom stereocenters. The number of hydrogen-bond donors (Lipinski definition) is 0. The molecule has 2 aromatic rings. The summed E-state index contributed by atoms with van der Waals surface area (Å²) >= 11 is 1.37. The Balaban J connectivity index is 1.60. The van der Waals surface area contributed by atoms with Gasteiger partial charge in [-0.1, -0.05) is 23.9 Å². The topological polar surface area (TPSA) is 85.3 Å². The van der Waals surface area contributed by atoms with Gasteiger partial charge in [-0.3, -0.25) is 4.79 Å². The number of hydrogen-bond acceptors (Lipinski definition) is 6. The molecule has 0 N–H and O–H groups in total. The Morgan fingerprint density at radius 3 is 2.23 bits per heavy atom. The number of carbonyl (C=O) groups excluding carboxylic acids is 1. The van der Waals surface area contributed by atoms with Crippen molar-refractivity contribution in [3.63, 3.8) is 0 Å². The molecule has 2 aromatic carbocycles. The smallest absolute Gasteiger partial charge is 0.252 e. The van der Waals surface area contributed by atoms with Crippen LogP contribution in [0.4, 0.5) is 5.69 Å². The zero-order valence-electron chi connectivity index (χ0n) is 16.6. The number of methoxy groups -OCH3 is 2. The van der Waals surface area contributed by atoms with E-state index in [1.165, 1.54) is 11.8 Å². The van der Waals surface area contributed by atoms with E-state index in [1.54, 1.807) is 26.4 Å². The van der Waals surface area contributed by atoms with Gasteiger partial charge in [-0.25, -0.2) is 8.42 Å². The summed E-state index contributed by atoms with van der Waals surface area (Å²) in [5.74, 6) is 1.31. The van der Waals surface area contributed by atoms with Crippen LogP contribution in [-0.4, -0.2) is 56.5 Å². The number of sulfone groups is 1. The van der Waals surface area contributed by atoms with E-state index in [9.17, 15) is 13.2 Å². The lowest BCUT2D eigenvalue weighted by Gasteiger charge is -2.24. The molecule has 0 unspecified atom stereocenters. The van der Waals surface area contributed by atoms with Crippen molar-refractivity contribution >= 4 is 38.4 Å². The number of carbonyl (C=O) groups is 1. The van der Waals surface area contributed by atoms with Gasteiger partial charge in [0.2, 0.25) is 0 Å².